The molecule has 1 saturated heterocycles. The first-order valence-electron chi connectivity index (χ1n) is 9.67. The molecule has 3 aromatic rings. The first-order valence-corrected chi connectivity index (χ1v) is 11.1. The van der Waals surface area contributed by atoms with Gasteiger partial charge in [0.2, 0.25) is 10.0 Å². The Morgan fingerprint density at radius 1 is 0.844 bits per heavy atom. The van der Waals surface area contributed by atoms with Crippen LogP contribution in [-0.4, -0.2) is 54.1 Å². The lowest BCUT2D eigenvalue weighted by atomic mass is 10.2. The third kappa shape index (κ3) is 4.81. The van der Waals surface area contributed by atoms with Crippen molar-refractivity contribution in [3.63, 3.8) is 0 Å². The van der Waals surface area contributed by atoms with Gasteiger partial charge in [0.1, 0.15) is 0 Å². The maximum atomic E-state index is 12.8. The summed E-state index contributed by atoms with van der Waals surface area (Å²) in [5.41, 5.74) is -0.0640. The summed E-state index contributed by atoms with van der Waals surface area (Å²) in [5.74, 6) is 1.17. The largest absolute Gasteiger partial charge is 0.416 e. The quantitative estimate of drug-likeness (QED) is 0.620. The van der Waals surface area contributed by atoms with Crippen molar-refractivity contribution in [2.24, 2.45) is 0 Å². The van der Waals surface area contributed by atoms with Gasteiger partial charge >= 0.3 is 6.18 Å². The Hall–Kier alpha value is -3.25. The molecule has 1 N–H and O–H groups in total. The summed E-state index contributed by atoms with van der Waals surface area (Å²) in [7, 11) is -3.88. The highest BCUT2D eigenvalue weighted by atomic mass is 32.2. The number of nitrogens with one attached hydrogen (secondary N) is 1. The van der Waals surface area contributed by atoms with Gasteiger partial charge in [0.15, 0.2) is 11.6 Å². The van der Waals surface area contributed by atoms with E-state index in [9.17, 15) is 21.6 Å². The molecule has 0 aliphatic carbocycles. The van der Waals surface area contributed by atoms with E-state index >= 15 is 0 Å². The Balaban J connectivity index is 1.38. The molecule has 168 valence electrons. The van der Waals surface area contributed by atoms with Crippen LogP contribution in [0.1, 0.15) is 5.56 Å². The second-order valence-corrected chi connectivity index (χ2v) is 8.99. The van der Waals surface area contributed by atoms with E-state index in [0.29, 0.717) is 24.7 Å². The van der Waals surface area contributed by atoms with E-state index in [1.54, 1.807) is 36.7 Å². The van der Waals surface area contributed by atoms with E-state index in [1.807, 2.05) is 4.90 Å². The predicted molar refractivity (Wildman–Crippen MR) is 112 cm³/mol. The standard InChI is InChI=1S/C20H19F3N6O2S/c21-20(22,23)15-1-3-17(4-2-15)32(30,31)29-13-11-28(12-14-29)19-6-5-18(26-27-19)25-16-7-9-24-10-8-16/h1-10H,11-14H2,(H,24,25,26). The molecule has 0 unspecified atom stereocenters. The summed E-state index contributed by atoms with van der Waals surface area (Å²) in [5, 5.41) is 11.4. The van der Waals surface area contributed by atoms with Crippen LogP contribution in [0.2, 0.25) is 0 Å². The molecular formula is C20H19F3N6O2S. The van der Waals surface area contributed by atoms with Crippen LogP contribution in [0.15, 0.2) is 65.8 Å². The minimum atomic E-state index is -4.52. The Bertz CT molecular complexity index is 1150. The number of hydrogen-bond acceptors (Lipinski definition) is 7. The zero-order chi connectivity index (χ0) is 22.8. The summed E-state index contributed by atoms with van der Waals surface area (Å²) >= 11 is 0. The monoisotopic (exact) mass is 464 g/mol. The molecule has 3 heterocycles. The fourth-order valence-corrected chi connectivity index (χ4v) is 4.69. The molecular weight excluding hydrogens is 445 g/mol. The maximum absolute atomic E-state index is 12.8. The van der Waals surface area contributed by atoms with Gasteiger partial charge in [-0.25, -0.2) is 8.42 Å². The van der Waals surface area contributed by atoms with Crippen LogP contribution < -0.4 is 10.2 Å². The van der Waals surface area contributed by atoms with Crippen LogP contribution in [0, 0.1) is 0 Å². The molecule has 1 aliphatic rings. The predicted octanol–water partition coefficient (Wildman–Crippen LogP) is 3.14. The van der Waals surface area contributed by atoms with Crippen LogP contribution in [0.5, 0.6) is 0 Å². The Morgan fingerprint density at radius 3 is 2.06 bits per heavy atom. The Kier molecular flexibility index (Phi) is 5.98. The van der Waals surface area contributed by atoms with Crippen LogP contribution in [0.4, 0.5) is 30.5 Å². The molecule has 1 aliphatic heterocycles. The average molecular weight is 464 g/mol. The van der Waals surface area contributed by atoms with E-state index in [1.165, 1.54) is 4.31 Å². The van der Waals surface area contributed by atoms with Crippen molar-refractivity contribution >= 4 is 27.3 Å². The number of sulfonamides is 1. The number of anilines is 3. The molecule has 0 spiro atoms. The minimum absolute atomic E-state index is 0.162. The van der Waals surface area contributed by atoms with E-state index in [4.69, 9.17) is 0 Å². The minimum Gasteiger partial charge on any atom is -0.352 e. The van der Waals surface area contributed by atoms with Crippen molar-refractivity contribution in [3.05, 3.63) is 66.5 Å². The number of halogens is 3. The highest BCUT2D eigenvalue weighted by Crippen LogP contribution is 2.30. The number of hydrogen-bond donors (Lipinski definition) is 1. The van der Waals surface area contributed by atoms with E-state index in [2.05, 4.69) is 20.5 Å². The number of benzene rings is 1. The molecule has 1 aromatic carbocycles. The lowest BCUT2D eigenvalue weighted by Crippen LogP contribution is -2.49. The number of piperazine rings is 1. The Morgan fingerprint density at radius 2 is 1.50 bits per heavy atom. The van der Waals surface area contributed by atoms with Gasteiger partial charge in [0.25, 0.3) is 0 Å². The second-order valence-electron chi connectivity index (χ2n) is 7.05. The summed E-state index contributed by atoms with van der Waals surface area (Å²) in [4.78, 5) is 5.69. The van der Waals surface area contributed by atoms with Crippen LogP contribution in [-0.2, 0) is 16.2 Å². The third-order valence-electron chi connectivity index (χ3n) is 4.99. The molecule has 0 radical (unpaired) electrons. The van der Waals surface area contributed by atoms with Crippen LogP contribution >= 0.6 is 0 Å². The molecule has 0 bridgehead atoms. The van der Waals surface area contributed by atoms with Gasteiger partial charge in [-0.05, 0) is 48.5 Å². The number of alkyl halides is 3. The van der Waals surface area contributed by atoms with Crippen molar-refractivity contribution < 1.29 is 21.6 Å². The first kappa shape index (κ1) is 22.0. The smallest absolute Gasteiger partial charge is 0.352 e. The van der Waals surface area contributed by atoms with Crippen molar-refractivity contribution in [3.8, 4) is 0 Å². The molecule has 0 amide bonds. The normalized spacial score (nSPS) is 15.5. The van der Waals surface area contributed by atoms with Gasteiger partial charge in [-0.1, -0.05) is 0 Å². The molecule has 12 heteroatoms. The van der Waals surface area contributed by atoms with Crippen LogP contribution in [0.25, 0.3) is 0 Å². The van der Waals surface area contributed by atoms with Gasteiger partial charge < -0.3 is 10.2 Å². The molecule has 8 nitrogen and oxygen atoms in total. The van der Waals surface area contributed by atoms with Crippen LogP contribution in [0.3, 0.4) is 0 Å². The topological polar surface area (TPSA) is 91.3 Å². The third-order valence-corrected chi connectivity index (χ3v) is 6.90. The van der Waals surface area contributed by atoms with Crippen molar-refractivity contribution in [2.45, 2.75) is 11.1 Å². The average Bonchev–Trinajstić information content (AvgIpc) is 2.80. The molecule has 2 aromatic heterocycles. The number of pyridine rings is 1. The number of aromatic nitrogens is 3. The number of rotatable bonds is 5. The van der Waals surface area contributed by atoms with Gasteiger partial charge in [0, 0.05) is 44.3 Å². The molecule has 1 fully saturated rings. The fraction of sp³-hybridized carbons (Fsp3) is 0.250. The summed E-state index contributed by atoms with van der Waals surface area (Å²) in [6, 6.07) is 10.7. The second kappa shape index (κ2) is 8.71. The zero-order valence-electron chi connectivity index (χ0n) is 16.7. The summed E-state index contributed by atoms with van der Waals surface area (Å²) < 4.78 is 65.0. The van der Waals surface area contributed by atoms with E-state index in [-0.39, 0.29) is 18.0 Å². The molecule has 32 heavy (non-hydrogen) atoms. The van der Waals surface area contributed by atoms with Gasteiger partial charge in [-0.3, -0.25) is 4.98 Å². The lowest BCUT2D eigenvalue weighted by molar-refractivity contribution is -0.137. The highest BCUT2D eigenvalue weighted by Gasteiger charge is 2.32. The maximum Gasteiger partial charge on any atom is 0.416 e. The zero-order valence-corrected chi connectivity index (χ0v) is 17.5. The molecule has 0 saturated carbocycles. The Labute approximate surface area is 182 Å². The van der Waals surface area contributed by atoms with Gasteiger partial charge in [0.05, 0.1) is 10.5 Å². The van der Waals surface area contributed by atoms with Crippen molar-refractivity contribution in [2.75, 3.05) is 36.4 Å². The first-order chi connectivity index (χ1) is 15.2. The van der Waals surface area contributed by atoms with Gasteiger partial charge in [-0.2, -0.15) is 17.5 Å². The van der Waals surface area contributed by atoms with E-state index in [0.717, 1.165) is 30.0 Å². The summed E-state index contributed by atoms with van der Waals surface area (Å²) in [6.07, 6.45) is -1.21. The van der Waals surface area contributed by atoms with E-state index < -0.39 is 21.8 Å². The van der Waals surface area contributed by atoms with Crippen molar-refractivity contribution in [1.82, 2.24) is 19.5 Å². The summed E-state index contributed by atoms with van der Waals surface area (Å²) in [6.45, 7) is 1.13. The fourth-order valence-electron chi connectivity index (χ4n) is 3.27. The molecule has 4 rings (SSSR count). The number of nitrogens with zero attached hydrogens (tertiary/aromatic N) is 5. The van der Waals surface area contributed by atoms with Crippen molar-refractivity contribution in [1.29, 1.82) is 0 Å². The van der Waals surface area contributed by atoms with Gasteiger partial charge in [-0.15, -0.1) is 10.2 Å². The SMILES string of the molecule is O=S(=O)(c1ccc(C(F)(F)F)cc1)N1CCN(c2ccc(Nc3ccncc3)nn2)CC1. The molecule has 0 atom stereocenters. The highest BCUT2D eigenvalue weighted by molar-refractivity contribution is 7.89. The lowest BCUT2D eigenvalue weighted by Gasteiger charge is -2.34.